The molecule has 0 fully saturated rings. The van der Waals surface area contributed by atoms with Crippen LogP contribution in [0, 0.1) is 24.3 Å². The molecule has 26 heavy (non-hydrogen) atoms. The summed E-state index contributed by atoms with van der Waals surface area (Å²) >= 11 is 0. The number of rotatable bonds is 0. The zero-order chi connectivity index (χ0) is 18.5. The second-order valence-corrected chi connectivity index (χ2v) is 6.12. The first-order valence-corrected chi connectivity index (χ1v) is 8.19. The molecule has 0 saturated heterocycles. The fourth-order valence-corrected chi connectivity index (χ4v) is 1.83. The van der Waals surface area contributed by atoms with E-state index in [9.17, 15) is 0 Å². The summed E-state index contributed by atoms with van der Waals surface area (Å²) in [6, 6.07) is 8.71. The Morgan fingerprint density at radius 2 is 1.19 bits per heavy atom. The van der Waals surface area contributed by atoms with Crippen LogP contribution in [0.3, 0.4) is 0 Å². The first-order chi connectivity index (χ1) is 10.7. The van der Waals surface area contributed by atoms with E-state index in [0.717, 1.165) is 0 Å². The molecule has 0 saturated carbocycles. The average molecular weight is 436 g/mol. The van der Waals surface area contributed by atoms with Crippen LogP contribution in [0.25, 0.3) is 0 Å². The summed E-state index contributed by atoms with van der Waals surface area (Å²) in [7, 11) is 0. The number of hydrogen-bond acceptors (Lipinski definition) is 1. The second kappa shape index (κ2) is 21.1. The number of allylic oxidation sites excluding steroid dienone is 4. The third kappa shape index (κ3) is 17.2. The average Bonchev–Trinajstić information content (AvgIpc) is 2.65. The van der Waals surface area contributed by atoms with Crippen molar-refractivity contribution in [2.75, 3.05) is 0 Å². The molecular formula is C22H37Cl2OTi. The molecule has 4 heteroatoms. The van der Waals surface area contributed by atoms with E-state index in [2.05, 4.69) is 40.7 Å². The smallest absolute Gasteiger partial charge is 0.508 e. The van der Waals surface area contributed by atoms with Crippen LogP contribution in [0.1, 0.15) is 62.3 Å². The van der Waals surface area contributed by atoms with Gasteiger partial charge in [0.1, 0.15) is 5.75 Å². The van der Waals surface area contributed by atoms with Gasteiger partial charge in [-0.2, -0.15) is 38.8 Å². The molecule has 1 aromatic carbocycles. The minimum absolute atomic E-state index is 0. The number of phenols is 1. The second-order valence-electron chi connectivity index (χ2n) is 6.12. The predicted molar refractivity (Wildman–Crippen MR) is 118 cm³/mol. The van der Waals surface area contributed by atoms with Crippen molar-refractivity contribution in [2.45, 2.75) is 62.3 Å². The van der Waals surface area contributed by atoms with Gasteiger partial charge in [-0.1, -0.05) is 51.3 Å². The van der Waals surface area contributed by atoms with Gasteiger partial charge in [-0.25, -0.2) is 5.57 Å². The summed E-state index contributed by atoms with van der Waals surface area (Å²) in [6.45, 7) is 18.9. The molecular weight excluding hydrogens is 399 g/mol. The van der Waals surface area contributed by atoms with Crippen LogP contribution in [-0.2, 0) is 21.7 Å². The van der Waals surface area contributed by atoms with E-state index in [1.54, 1.807) is 24.3 Å². The quantitative estimate of drug-likeness (QED) is 0.325. The topological polar surface area (TPSA) is 20.2 Å². The summed E-state index contributed by atoms with van der Waals surface area (Å²) in [4.78, 5) is 0. The van der Waals surface area contributed by atoms with Crippen molar-refractivity contribution in [3.63, 3.8) is 0 Å². The molecule has 2 rings (SSSR count). The van der Waals surface area contributed by atoms with E-state index in [-0.39, 0.29) is 51.9 Å². The van der Waals surface area contributed by atoms with E-state index < -0.39 is 0 Å². The number of para-hydroxylation sites is 1. The third-order valence-electron chi connectivity index (χ3n) is 3.32. The number of halogens is 2. The fourth-order valence-electron chi connectivity index (χ4n) is 1.83. The van der Waals surface area contributed by atoms with Crippen molar-refractivity contribution in [3.8, 4) is 5.75 Å². The molecule has 1 N–H and O–H groups in total. The molecule has 0 amide bonds. The predicted octanol–water partition coefficient (Wildman–Crippen LogP) is 7.81. The Kier molecular flexibility index (Phi) is 29.8. The van der Waals surface area contributed by atoms with Crippen LogP contribution in [-0.4, -0.2) is 5.11 Å². The molecule has 1 aliphatic rings. The monoisotopic (exact) mass is 435 g/mol. The zero-order valence-electron chi connectivity index (χ0n) is 17.8. The molecule has 0 atom stereocenters. The van der Waals surface area contributed by atoms with E-state index in [1.807, 2.05) is 46.6 Å². The van der Waals surface area contributed by atoms with Crippen molar-refractivity contribution in [1.82, 2.24) is 0 Å². The van der Waals surface area contributed by atoms with E-state index in [4.69, 9.17) is 5.11 Å². The van der Waals surface area contributed by atoms with Crippen molar-refractivity contribution in [2.24, 2.45) is 5.41 Å². The zero-order valence-corrected chi connectivity index (χ0v) is 21.0. The molecule has 0 bridgehead atoms. The Labute approximate surface area is 190 Å². The Morgan fingerprint density at radius 3 is 1.31 bits per heavy atom. The van der Waals surface area contributed by atoms with Gasteiger partial charge >= 0.3 is 21.7 Å². The van der Waals surface area contributed by atoms with Crippen LogP contribution >= 0.6 is 24.8 Å². The molecule has 0 heterocycles. The molecule has 0 unspecified atom stereocenters. The fraction of sp³-hybridized carbons (Fsp3) is 0.455. The normalized spacial score (nSPS) is 12.7. The van der Waals surface area contributed by atoms with Crippen LogP contribution in [0.4, 0.5) is 0 Å². The molecule has 0 spiro atoms. The minimum atomic E-state index is 0. The maximum atomic E-state index is 8.63. The summed E-state index contributed by atoms with van der Waals surface area (Å²) in [5.74, 6) is 0.322. The third-order valence-corrected chi connectivity index (χ3v) is 3.32. The standard InChI is InChI=1S/C10H15.C6H6O.2C3H7.2ClH.Ti/c1-7-6-10(4,5)9(3)8(7)2;7-6-4-2-1-3-5-6;2*1-3-2;;;/h1-5H3;1-5,7H;2*3H,1-2H3;2*1H;/q-1;;2*-1;;;+3. The Morgan fingerprint density at radius 1 is 0.846 bits per heavy atom. The van der Waals surface area contributed by atoms with Gasteiger partial charge in [-0.05, 0) is 12.1 Å². The number of phenolic OH excluding ortho intramolecular Hbond substituents is 1. The first kappa shape index (κ1) is 36.7. The molecule has 1 nitrogen and oxygen atoms in total. The van der Waals surface area contributed by atoms with Crippen molar-refractivity contribution in [1.29, 1.82) is 0 Å². The van der Waals surface area contributed by atoms with Crippen molar-refractivity contribution in [3.05, 3.63) is 66.0 Å². The molecule has 1 aliphatic carbocycles. The Hall–Kier alpha value is -0.206. The van der Waals surface area contributed by atoms with Crippen LogP contribution in [0.15, 0.2) is 47.1 Å². The van der Waals surface area contributed by atoms with Gasteiger partial charge in [0.25, 0.3) is 0 Å². The molecule has 0 aromatic heterocycles. The first-order valence-electron chi connectivity index (χ1n) is 8.19. The maximum absolute atomic E-state index is 8.63. The number of aromatic hydroxyl groups is 1. The summed E-state index contributed by atoms with van der Waals surface area (Å²) in [6.07, 6.45) is 7.44. The van der Waals surface area contributed by atoms with Crippen molar-refractivity contribution < 1.29 is 26.8 Å². The van der Waals surface area contributed by atoms with Gasteiger partial charge in [0.15, 0.2) is 0 Å². The number of hydrogen-bond donors (Lipinski definition) is 1. The van der Waals surface area contributed by atoms with E-state index >= 15 is 0 Å². The van der Waals surface area contributed by atoms with Crippen LogP contribution < -0.4 is 0 Å². The molecule has 0 aliphatic heterocycles. The van der Waals surface area contributed by atoms with Gasteiger partial charge in [0, 0.05) is 0 Å². The van der Waals surface area contributed by atoms with Gasteiger partial charge < -0.3 is 17.9 Å². The van der Waals surface area contributed by atoms with Gasteiger partial charge in [0.2, 0.25) is 0 Å². The minimum Gasteiger partial charge on any atom is -0.508 e. The van der Waals surface area contributed by atoms with Gasteiger partial charge in [0.05, 0.1) is 0 Å². The van der Waals surface area contributed by atoms with Gasteiger partial charge in [-0.3, -0.25) is 6.08 Å². The van der Waals surface area contributed by atoms with Crippen LogP contribution in [0.2, 0.25) is 0 Å². The largest absolute Gasteiger partial charge is 3.00 e. The maximum Gasteiger partial charge on any atom is 3.00 e. The van der Waals surface area contributed by atoms with Gasteiger partial charge in [-0.15, -0.1) is 31.7 Å². The summed E-state index contributed by atoms with van der Waals surface area (Å²) in [5, 5.41) is 8.63. The summed E-state index contributed by atoms with van der Waals surface area (Å²) in [5.41, 5.74) is 4.39. The summed E-state index contributed by atoms with van der Waals surface area (Å²) < 4.78 is 0. The number of benzene rings is 1. The molecule has 149 valence electrons. The molecule has 1 radical (unpaired) electrons. The van der Waals surface area contributed by atoms with E-state index in [1.165, 1.54) is 16.7 Å². The molecule has 1 aromatic rings. The van der Waals surface area contributed by atoms with Crippen LogP contribution in [0.5, 0.6) is 5.75 Å². The Balaban J connectivity index is -0.0000000817. The van der Waals surface area contributed by atoms with E-state index in [0.29, 0.717) is 5.75 Å². The SMILES string of the molecule is CC1=[C-]C(C)(C)C(C)=C1C.C[CH-]C.C[CH-]C.Cl.Cl.Oc1ccccc1.[Ti+3]. The van der Waals surface area contributed by atoms with Crippen molar-refractivity contribution >= 4 is 24.8 Å². The Bertz CT molecular complexity index is 478.